The van der Waals surface area contributed by atoms with Gasteiger partial charge in [-0.1, -0.05) is 60.3 Å². The van der Waals surface area contributed by atoms with Crippen LogP contribution in [0.2, 0.25) is 0 Å². The summed E-state index contributed by atoms with van der Waals surface area (Å²) in [5, 5.41) is 3.84. The summed E-state index contributed by atoms with van der Waals surface area (Å²) in [6.07, 6.45) is 3.76. The zero-order valence-electron chi connectivity index (χ0n) is 14.7. The number of hydrogen-bond donors (Lipinski definition) is 1. The Morgan fingerprint density at radius 1 is 1.15 bits per heavy atom. The number of nitrogens with one attached hydrogen (secondary N) is 1. The molecular weight excluding hydrogens is 342 g/mol. The van der Waals surface area contributed by atoms with Gasteiger partial charge in [-0.25, -0.2) is 4.98 Å². The lowest BCUT2D eigenvalue weighted by Gasteiger charge is -2.07. The van der Waals surface area contributed by atoms with E-state index in [0.717, 1.165) is 29.0 Å². The zero-order chi connectivity index (χ0) is 18.2. The predicted octanol–water partition coefficient (Wildman–Crippen LogP) is 4.06. The normalized spacial score (nSPS) is 10.8. The molecule has 0 spiro atoms. The van der Waals surface area contributed by atoms with Crippen LogP contribution in [0.4, 0.5) is 0 Å². The van der Waals surface area contributed by atoms with Gasteiger partial charge in [-0.2, -0.15) is 0 Å². The van der Waals surface area contributed by atoms with E-state index in [1.54, 1.807) is 0 Å². The van der Waals surface area contributed by atoms with Crippen LogP contribution in [0.15, 0.2) is 72.4 Å². The fraction of sp³-hybridized carbons (Fsp3) is 0.238. The Labute approximate surface area is 158 Å². The fourth-order valence-corrected chi connectivity index (χ4v) is 3.67. The molecule has 0 saturated heterocycles. The van der Waals surface area contributed by atoms with Gasteiger partial charge in [0.15, 0.2) is 5.16 Å². The van der Waals surface area contributed by atoms with Crippen molar-refractivity contribution in [3.8, 4) is 0 Å². The number of fused-ring (bicyclic) bond motifs is 1. The number of para-hydroxylation sites is 2. The molecule has 1 amide bonds. The third kappa shape index (κ3) is 4.76. The van der Waals surface area contributed by atoms with Gasteiger partial charge in [0, 0.05) is 13.1 Å². The van der Waals surface area contributed by atoms with Gasteiger partial charge < -0.3 is 9.88 Å². The average Bonchev–Trinajstić information content (AvgIpc) is 3.02. The SMILES string of the molecule is C=CCn1c(SCC(=O)NCCCc2ccccc2)nc2ccccc21. The van der Waals surface area contributed by atoms with Crippen LogP contribution in [0.1, 0.15) is 12.0 Å². The number of aryl methyl sites for hydroxylation is 1. The second kappa shape index (κ2) is 9.25. The maximum Gasteiger partial charge on any atom is 0.230 e. The number of nitrogens with zero attached hydrogens (tertiary/aromatic N) is 2. The number of imidazole rings is 1. The molecule has 0 unspecified atom stereocenters. The Bertz CT molecular complexity index is 873. The second-order valence-electron chi connectivity index (χ2n) is 6.01. The van der Waals surface area contributed by atoms with Crippen LogP contribution in [0.5, 0.6) is 0 Å². The second-order valence-corrected chi connectivity index (χ2v) is 6.95. The van der Waals surface area contributed by atoms with Gasteiger partial charge in [-0.3, -0.25) is 4.79 Å². The van der Waals surface area contributed by atoms with Gasteiger partial charge >= 0.3 is 0 Å². The van der Waals surface area contributed by atoms with Crippen molar-refractivity contribution in [2.45, 2.75) is 24.5 Å². The predicted molar refractivity (Wildman–Crippen MR) is 108 cm³/mol. The highest BCUT2D eigenvalue weighted by atomic mass is 32.2. The molecule has 0 aliphatic heterocycles. The molecule has 3 aromatic rings. The van der Waals surface area contributed by atoms with E-state index in [1.165, 1.54) is 17.3 Å². The van der Waals surface area contributed by atoms with Gasteiger partial charge in [-0.05, 0) is 30.5 Å². The van der Waals surface area contributed by atoms with Crippen LogP contribution in [0.25, 0.3) is 11.0 Å². The number of benzene rings is 2. The smallest absolute Gasteiger partial charge is 0.230 e. The van der Waals surface area contributed by atoms with E-state index in [-0.39, 0.29) is 5.91 Å². The summed E-state index contributed by atoms with van der Waals surface area (Å²) >= 11 is 1.47. The molecule has 0 aliphatic rings. The summed E-state index contributed by atoms with van der Waals surface area (Å²) in [4.78, 5) is 16.8. The molecule has 0 bridgehead atoms. The highest BCUT2D eigenvalue weighted by Crippen LogP contribution is 2.23. The minimum Gasteiger partial charge on any atom is -0.355 e. The molecule has 1 heterocycles. The van der Waals surface area contributed by atoms with Crippen LogP contribution < -0.4 is 5.32 Å². The fourth-order valence-electron chi connectivity index (χ4n) is 2.82. The summed E-state index contributed by atoms with van der Waals surface area (Å²) in [7, 11) is 0. The Morgan fingerprint density at radius 2 is 1.92 bits per heavy atom. The van der Waals surface area contributed by atoms with Gasteiger partial charge in [0.1, 0.15) is 0 Å². The molecule has 0 fully saturated rings. The first-order chi connectivity index (χ1) is 12.8. The lowest BCUT2D eigenvalue weighted by molar-refractivity contribution is -0.118. The van der Waals surface area contributed by atoms with E-state index in [1.807, 2.05) is 48.5 Å². The lowest BCUT2D eigenvalue weighted by atomic mass is 10.1. The van der Waals surface area contributed by atoms with Crippen LogP contribution in [-0.4, -0.2) is 27.8 Å². The van der Waals surface area contributed by atoms with E-state index in [4.69, 9.17) is 0 Å². The summed E-state index contributed by atoms with van der Waals surface area (Å²) in [6, 6.07) is 18.3. The number of aromatic nitrogens is 2. The summed E-state index contributed by atoms with van der Waals surface area (Å²) < 4.78 is 2.09. The average molecular weight is 366 g/mol. The van der Waals surface area contributed by atoms with Crippen molar-refractivity contribution >= 4 is 28.7 Å². The number of amides is 1. The first-order valence-corrected chi connectivity index (χ1v) is 9.76. The number of thioether (sulfide) groups is 1. The molecule has 4 nitrogen and oxygen atoms in total. The first kappa shape index (κ1) is 18.3. The molecule has 1 aromatic heterocycles. The Kier molecular flexibility index (Phi) is 6.50. The molecule has 0 atom stereocenters. The van der Waals surface area contributed by atoms with E-state index < -0.39 is 0 Å². The molecule has 26 heavy (non-hydrogen) atoms. The van der Waals surface area contributed by atoms with Crippen molar-refractivity contribution < 1.29 is 4.79 Å². The molecule has 3 rings (SSSR count). The molecule has 5 heteroatoms. The van der Waals surface area contributed by atoms with E-state index in [0.29, 0.717) is 18.8 Å². The Morgan fingerprint density at radius 3 is 2.73 bits per heavy atom. The van der Waals surface area contributed by atoms with Crippen LogP contribution in [-0.2, 0) is 17.8 Å². The van der Waals surface area contributed by atoms with E-state index >= 15 is 0 Å². The van der Waals surface area contributed by atoms with Gasteiger partial charge in [0.2, 0.25) is 5.91 Å². The molecule has 0 saturated carbocycles. The van der Waals surface area contributed by atoms with E-state index in [9.17, 15) is 4.79 Å². The summed E-state index contributed by atoms with van der Waals surface area (Å²) in [5.74, 6) is 0.409. The molecule has 1 N–H and O–H groups in total. The Hall–Kier alpha value is -2.53. The van der Waals surface area contributed by atoms with Crippen LogP contribution in [0, 0.1) is 0 Å². The van der Waals surface area contributed by atoms with Crippen molar-refractivity contribution in [3.05, 3.63) is 72.8 Å². The highest BCUT2D eigenvalue weighted by molar-refractivity contribution is 7.99. The summed E-state index contributed by atoms with van der Waals surface area (Å²) in [5.41, 5.74) is 3.31. The molecule has 0 radical (unpaired) electrons. The molecule has 2 aromatic carbocycles. The minimum atomic E-state index is 0.0419. The monoisotopic (exact) mass is 365 g/mol. The maximum absolute atomic E-state index is 12.1. The third-order valence-electron chi connectivity index (χ3n) is 4.07. The van der Waals surface area contributed by atoms with E-state index in [2.05, 4.69) is 33.6 Å². The van der Waals surface area contributed by atoms with Crippen LogP contribution >= 0.6 is 11.8 Å². The standard InChI is InChI=1S/C21H23N3OS/c1-2-15-24-19-13-7-6-12-18(19)23-21(24)26-16-20(25)22-14-8-11-17-9-4-3-5-10-17/h2-7,9-10,12-13H,1,8,11,14-16H2,(H,22,25). The number of hydrogen-bond acceptors (Lipinski definition) is 3. The van der Waals surface area contributed by atoms with Crippen LogP contribution in [0.3, 0.4) is 0 Å². The largest absolute Gasteiger partial charge is 0.355 e. The van der Waals surface area contributed by atoms with Crippen molar-refractivity contribution in [1.29, 1.82) is 0 Å². The van der Waals surface area contributed by atoms with Crippen molar-refractivity contribution in [3.63, 3.8) is 0 Å². The number of rotatable bonds is 9. The quantitative estimate of drug-likeness (QED) is 0.353. The third-order valence-corrected chi connectivity index (χ3v) is 5.05. The van der Waals surface area contributed by atoms with Crippen molar-refractivity contribution in [2.75, 3.05) is 12.3 Å². The minimum absolute atomic E-state index is 0.0419. The van der Waals surface area contributed by atoms with Gasteiger partial charge in [0.05, 0.1) is 16.8 Å². The summed E-state index contributed by atoms with van der Waals surface area (Å²) in [6.45, 7) is 5.19. The number of carbonyl (C=O) groups is 1. The number of carbonyl (C=O) groups excluding carboxylic acids is 1. The lowest BCUT2D eigenvalue weighted by Crippen LogP contribution is -2.26. The zero-order valence-corrected chi connectivity index (χ0v) is 15.5. The molecular formula is C21H23N3OS. The maximum atomic E-state index is 12.1. The van der Waals surface area contributed by atoms with Gasteiger partial charge in [0.25, 0.3) is 0 Å². The van der Waals surface area contributed by atoms with Crippen molar-refractivity contribution in [1.82, 2.24) is 14.9 Å². The number of allylic oxidation sites excluding steroid dienone is 1. The topological polar surface area (TPSA) is 46.9 Å². The molecule has 0 aliphatic carbocycles. The first-order valence-electron chi connectivity index (χ1n) is 8.77. The Balaban J connectivity index is 1.49. The van der Waals surface area contributed by atoms with Crippen molar-refractivity contribution in [2.24, 2.45) is 0 Å². The highest BCUT2D eigenvalue weighted by Gasteiger charge is 2.11. The van der Waals surface area contributed by atoms with Gasteiger partial charge in [-0.15, -0.1) is 6.58 Å². The molecule has 134 valence electrons.